The molecule has 32 heavy (non-hydrogen) atoms. The maximum Gasteiger partial charge on any atom is 0.380 e. The van der Waals surface area contributed by atoms with E-state index in [4.69, 9.17) is 9.32 Å². The van der Waals surface area contributed by atoms with Crippen molar-refractivity contribution < 1.29 is 17.4 Å². The van der Waals surface area contributed by atoms with Gasteiger partial charge >= 0.3 is 10.3 Å². The number of amides is 1. The standard InChI is InChI=1S/C25H36N2O4S/c1-3-4-5-6-15-27-24(28)23-12-11-22-21-9-7-17-16-18(31-32(26,29)30)8-10-19(17)20(21)13-14-25(22,23)2/h8,10,12,16,20-22H,3-7,9,11,13-15H2,1-2H3,(H,27,28)(H2,26,29,30)/t20-,21-,22+,25+/m1/s1. The van der Waals surface area contributed by atoms with E-state index in [1.54, 1.807) is 6.07 Å². The van der Waals surface area contributed by atoms with Crippen LogP contribution in [0.5, 0.6) is 5.75 Å². The van der Waals surface area contributed by atoms with E-state index in [0.29, 0.717) is 17.8 Å². The average Bonchev–Trinajstić information content (AvgIpc) is 3.09. The van der Waals surface area contributed by atoms with E-state index in [-0.39, 0.29) is 17.1 Å². The van der Waals surface area contributed by atoms with E-state index in [2.05, 4.69) is 25.2 Å². The van der Waals surface area contributed by atoms with Gasteiger partial charge in [-0.15, -0.1) is 0 Å². The third-order valence-electron chi connectivity index (χ3n) is 8.05. The third kappa shape index (κ3) is 4.60. The number of nitrogens with two attached hydrogens (primary N) is 1. The Morgan fingerprint density at radius 3 is 2.81 bits per heavy atom. The first-order valence-corrected chi connectivity index (χ1v) is 13.5. The summed E-state index contributed by atoms with van der Waals surface area (Å²) in [6.07, 6.45) is 11.8. The monoisotopic (exact) mass is 460 g/mol. The molecule has 0 aromatic heterocycles. The molecule has 4 atom stereocenters. The number of carbonyl (C=O) groups is 1. The lowest BCUT2D eigenvalue weighted by Gasteiger charge is -2.50. The summed E-state index contributed by atoms with van der Waals surface area (Å²) in [6, 6.07) is 5.56. The number of hydrogen-bond acceptors (Lipinski definition) is 4. The van der Waals surface area contributed by atoms with Gasteiger partial charge in [-0.25, -0.2) is 0 Å². The summed E-state index contributed by atoms with van der Waals surface area (Å²) >= 11 is 0. The average molecular weight is 461 g/mol. The zero-order chi connectivity index (χ0) is 22.9. The summed E-state index contributed by atoms with van der Waals surface area (Å²) in [7, 11) is -4.02. The van der Waals surface area contributed by atoms with Crippen molar-refractivity contribution >= 4 is 16.2 Å². The van der Waals surface area contributed by atoms with Crippen LogP contribution in [0.1, 0.15) is 82.3 Å². The summed E-state index contributed by atoms with van der Waals surface area (Å²) in [6.45, 7) is 5.25. The molecule has 4 rings (SSSR count). The molecule has 0 saturated heterocycles. The Bertz CT molecular complexity index is 1000. The molecule has 0 bridgehead atoms. The summed E-state index contributed by atoms with van der Waals surface area (Å²) in [5.41, 5.74) is 3.41. The number of fused-ring (bicyclic) bond motifs is 5. The fourth-order valence-corrected chi connectivity index (χ4v) is 6.88. The Balaban J connectivity index is 1.45. The van der Waals surface area contributed by atoms with Gasteiger partial charge in [0.15, 0.2) is 0 Å². The second-order valence-electron chi connectivity index (χ2n) is 9.98. The molecule has 0 aliphatic heterocycles. The van der Waals surface area contributed by atoms with E-state index in [9.17, 15) is 13.2 Å². The molecule has 1 amide bonds. The number of benzene rings is 1. The second kappa shape index (κ2) is 9.18. The zero-order valence-corrected chi connectivity index (χ0v) is 20.0. The number of hydrogen-bond donors (Lipinski definition) is 2. The van der Waals surface area contributed by atoms with Crippen molar-refractivity contribution in [3.63, 3.8) is 0 Å². The van der Waals surface area contributed by atoms with Crippen molar-refractivity contribution in [1.82, 2.24) is 5.32 Å². The van der Waals surface area contributed by atoms with Crippen molar-refractivity contribution in [1.29, 1.82) is 0 Å². The van der Waals surface area contributed by atoms with E-state index in [1.807, 2.05) is 12.1 Å². The van der Waals surface area contributed by atoms with Crippen LogP contribution >= 0.6 is 0 Å². The Labute approximate surface area is 192 Å². The number of carbonyl (C=O) groups excluding carboxylic acids is 1. The highest BCUT2D eigenvalue weighted by atomic mass is 32.2. The number of nitrogens with one attached hydrogen (secondary N) is 1. The van der Waals surface area contributed by atoms with Crippen molar-refractivity contribution in [2.24, 2.45) is 22.4 Å². The Kier molecular flexibility index (Phi) is 6.68. The highest BCUT2D eigenvalue weighted by Gasteiger charge is 2.53. The quantitative estimate of drug-likeness (QED) is 0.563. The highest BCUT2D eigenvalue weighted by Crippen LogP contribution is 2.61. The minimum absolute atomic E-state index is 0.0527. The van der Waals surface area contributed by atoms with Crippen molar-refractivity contribution in [2.75, 3.05) is 6.54 Å². The fourth-order valence-electron chi connectivity index (χ4n) is 6.51. The molecule has 0 radical (unpaired) electrons. The fraction of sp³-hybridized carbons (Fsp3) is 0.640. The lowest BCUT2D eigenvalue weighted by atomic mass is 9.54. The van der Waals surface area contributed by atoms with Crippen LogP contribution in [0.15, 0.2) is 29.8 Å². The maximum absolute atomic E-state index is 13.0. The molecule has 0 heterocycles. The number of aryl methyl sites for hydroxylation is 1. The lowest BCUT2D eigenvalue weighted by Crippen LogP contribution is -2.44. The van der Waals surface area contributed by atoms with Crippen molar-refractivity contribution in [2.45, 2.75) is 77.6 Å². The van der Waals surface area contributed by atoms with Gasteiger partial charge in [-0.1, -0.05) is 45.3 Å². The van der Waals surface area contributed by atoms with Gasteiger partial charge in [-0.05, 0) is 79.5 Å². The predicted octanol–water partition coefficient (Wildman–Crippen LogP) is 4.36. The molecule has 1 saturated carbocycles. The van der Waals surface area contributed by atoms with Crippen LogP contribution in [0.3, 0.4) is 0 Å². The first kappa shape index (κ1) is 23.3. The molecule has 7 heteroatoms. The smallest absolute Gasteiger partial charge is 0.371 e. The van der Waals surface area contributed by atoms with E-state index in [1.165, 1.54) is 24.8 Å². The van der Waals surface area contributed by atoms with Crippen LogP contribution in [0.4, 0.5) is 0 Å². The minimum atomic E-state index is -4.02. The molecule has 0 spiro atoms. The minimum Gasteiger partial charge on any atom is -0.371 e. The van der Waals surface area contributed by atoms with Gasteiger partial charge in [-0.3, -0.25) is 4.79 Å². The number of rotatable bonds is 8. The van der Waals surface area contributed by atoms with Crippen molar-refractivity contribution in [3.8, 4) is 5.75 Å². The Hall–Kier alpha value is -1.86. The van der Waals surface area contributed by atoms with E-state index < -0.39 is 10.3 Å². The predicted molar refractivity (Wildman–Crippen MR) is 125 cm³/mol. The third-order valence-corrected chi connectivity index (χ3v) is 8.48. The van der Waals surface area contributed by atoms with Crippen LogP contribution in [-0.2, 0) is 21.5 Å². The second-order valence-corrected chi connectivity index (χ2v) is 11.1. The SMILES string of the molecule is CCCCCCNC(=O)C1=CC[C@H]2[C@@H]3CCc4cc(OS(N)(=O)=O)ccc4[C@H]3CC[C@]12C. The van der Waals surface area contributed by atoms with Crippen LogP contribution in [0, 0.1) is 17.3 Å². The summed E-state index contributed by atoms with van der Waals surface area (Å²) in [5, 5.41) is 8.20. The molecule has 0 unspecified atom stereocenters. The molecule has 6 nitrogen and oxygen atoms in total. The Morgan fingerprint density at radius 1 is 1.25 bits per heavy atom. The number of unbranched alkanes of at least 4 members (excludes halogenated alkanes) is 3. The van der Waals surface area contributed by atoms with Gasteiger partial charge < -0.3 is 9.50 Å². The van der Waals surface area contributed by atoms with Gasteiger partial charge in [0.2, 0.25) is 5.91 Å². The Morgan fingerprint density at radius 2 is 2.06 bits per heavy atom. The first-order chi connectivity index (χ1) is 15.2. The summed E-state index contributed by atoms with van der Waals surface area (Å²) in [5.74, 6) is 1.88. The van der Waals surface area contributed by atoms with Gasteiger partial charge in [0.1, 0.15) is 5.75 Å². The summed E-state index contributed by atoms with van der Waals surface area (Å²) in [4.78, 5) is 13.0. The molecule has 3 N–H and O–H groups in total. The molecular weight excluding hydrogens is 424 g/mol. The molecule has 3 aliphatic carbocycles. The van der Waals surface area contributed by atoms with Gasteiger partial charge in [-0.2, -0.15) is 13.6 Å². The maximum atomic E-state index is 13.0. The van der Waals surface area contributed by atoms with E-state index in [0.717, 1.165) is 56.2 Å². The molecular formula is C25H36N2O4S. The lowest BCUT2D eigenvalue weighted by molar-refractivity contribution is -0.119. The molecule has 1 aromatic rings. The van der Waals surface area contributed by atoms with Crippen LogP contribution in [-0.4, -0.2) is 20.9 Å². The molecule has 1 aromatic carbocycles. The van der Waals surface area contributed by atoms with Gasteiger partial charge in [0.05, 0.1) is 0 Å². The van der Waals surface area contributed by atoms with Gasteiger partial charge in [0, 0.05) is 17.5 Å². The van der Waals surface area contributed by atoms with Gasteiger partial charge in [0.25, 0.3) is 0 Å². The molecule has 176 valence electrons. The van der Waals surface area contributed by atoms with Crippen LogP contribution < -0.4 is 14.6 Å². The first-order valence-electron chi connectivity index (χ1n) is 12.1. The largest absolute Gasteiger partial charge is 0.380 e. The normalized spacial score (nSPS) is 28.8. The van der Waals surface area contributed by atoms with Crippen LogP contribution in [0.25, 0.3) is 0 Å². The highest BCUT2D eigenvalue weighted by molar-refractivity contribution is 7.84. The zero-order valence-electron chi connectivity index (χ0n) is 19.2. The van der Waals surface area contributed by atoms with Crippen molar-refractivity contribution in [3.05, 3.63) is 41.0 Å². The van der Waals surface area contributed by atoms with E-state index >= 15 is 0 Å². The topological polar surface area (TPSA) is 98.5 Å². The summed E-state index contributed by atoms with van der Waals surface area (Å²) < 4.78 is 27.4. The molecule has 3 aliphatic rings. The van der Waals surface area contributed by atoms with Crippen LogP contribution in [0.2, 0.25) is 0 Å². The molecule has 1 fully saturated rings. The number of allylic oxidation sites excluding steroid dienone is 1.